The van der Waals surface area contributed by atoms with E-state index in [-0.39, 0.29) is 11.9 Å². The van der Waals surface area contributed by atoms with Gasteiger partial charge >= 0.3 is 0 Å². The van der Waals surface area contributed by atoms with Crippen molar-refractivity contribution in [2.75, 3.05) is 0 Å². The van der Waals surface area contributed by atoms with Crippen LogP contribution in [0, 0.1) is 5.82 Å². The number of halogens is 1. The molecule has 1 N–H and O–H groups in total. The number of hydrogen-bond acceptors (Lipinski definition) is 1. The topological polar surface area (TPSA) is 28.1 Å². The molecule has 0 aliphatic heterocycles. The first-order chi connectivity index (χ1) is 5.20. The molecule has 0 bridgehead atoms. The number of nitrogens with zero attached hydrogens (tertiary/aromatic N) is 1. The second kappa shape index (κ2) is 3.32. The van der Waals surface area contributed by atoms with E-state index in [1.54, 1.807) is 6.20 Å². The highest BCUT2D eigenvalue weighted by molar-refractivity contribution is 5.77. The first kappa shape index (κ1) is 7.98. The molecule has 60 valence electrons. The van der Waals surface area contributed by atoms with Crippen LogP contribution in [-0.2, 0) is 0 Å². The summed E-state index contributed by atoms with van der Waals surface area (Å²) in [6.45, 7) is 3.88. The maximum Gasteiger partial charge on any atom is 0.149 e. The third-order valence-corrected chi connectivity index (χ3v) is 1.23. The van der Waals surface area contributed by atoms with Gasteiger partial charge in [0.1, 0.15) is 5.82 Å². The van der Waals surface area contributed by atoms with E-state index in [9.17, 15) is 4.39 Å². The van der Waals surface area contributed by atoms with Gasteiger partial charge in [-0.15, -0.1) is 0 Å². The van der Waals surface area contributed by atoms with Crippen LogP contribution in [0.1, 0.15) is 19.5 Å². The maximum atomic E-state index is 12.7. The molecule has 11 heavy (non-hydrogen) atoms. The molecule has 1 aromatic rings. The Kier molecular flexibility index (Phi) is 2.41. The molecular formula is C8H11FN2. The molecule has 0 spiro atoms. The SMILES string of the molecule is CC(C)N=Cc1[nH]ccc1F. The Morgan fingerprint density at radius 1 is 1.64 bits per heavy atom. The van der Waals surface area contributed by atoms with Gasteiger partial charge in [-0.25, -0.2) is 4.39 Å². The number of aliphatic imine (C=N–C) groups is 1. The summed E-state index contributed by atoms with van der Waals surface area (Å²) < 4.78 is 12.7. The summed E-state index contributed by atoms with van der Waals surface area (Å²) in [5.74, 6) is -0.255. The predicted molar refractivity (Wildman–Crippen MR) is 43.5 cm³/mol. The number of rotatable bonds is 2. The lowest BCUT2D eigenvalue weighted by atomic mass is 10.4. The summed E-state index contributed by atoms with van der Waals surface area (Å²) in [6.07, 6.45) is 3.07. The van der Waals surface area contributed by atoms with E-state index in [2.05, 4.69) is 9.98 Å². The fourth-order valence-corrected chi connectivity index (χ4v) is 0.686. The predicted octanol–water partition coefficient (Wildman–Crippen LogP) is 1.98. The number of nitrogens with one attached hydrogen (secondary N) is 1. The summed E-state index contributed by atoms with van der Waals surface area (Å²) in [4.78, 5) is 6.77. The molecule has 0 aliphatic rings. The van der Waals surface area contributed by atoms with Crippen LogP contribution in [0.25, 0.3) is 0 Å². The van der Waals surface area contributed by atoms with E-state index >= 15 is 0 Å². The molecule has 2 nitrogen and oxygen atoms in total. The van der Waals surface area contributed by atoms with Gasteiger partial charge in [-0.05, 0) is 19.9 Å². The van der Waals surface area contributed by atoms with Crippen molar-refractivity contribution in [3.8, 4) is 0 Å². The van der Waals surface area contributed by atoms with E-state index < -0.39 is 0 Å². The van der Waals surface area contributed by atoms with Gasteiger partial charge in [-0.1, -0.05) is 0 Å². The summed E-state index contributed by atoms with van der Waals surface area (Å²) in [5, 5.41) is 0. The van der Waals surface area contributed by atoms with Gasteiger partial charge < -0.3 is 4.98 Å². The zero-order chi connectivity index (χ0) is 8.27. The first-order valence-electron chi connectivity index (χ1n) is 3.56. The van der Waals surface area contributed by atoms with Crippen molar-refractivity contribution in [1.82, 2.24) is 4.98 Å². The van der Waals surface area contributed by atoms with Crippen molar-refractivity contribution in [3.63, 3.8) is 0 Å². The summed E-state index contributed by atoms with van der Waals surface area (Å²) in [6, 6.07) is 1.58. The highest BCUT2D eigenvalue weighted by Crippen LogP contribution is 2.00. The van der Waals surface area contributed by atoms with Crippen molar-refractivity contribution >= 4 is 6.21 Å². The van der Waals surface area contributed by atoms with Crippen LogP contribution >= 0.6 is 0 Å². The van der Waals surface area contributed by atoms with Gasteiger partial charge in [0, 0.05) is 18.5 Å². The monoisotopic (exact) mass is 154 g/mol. The second-order valence-corrected chi connectivity index (χ2v) is 2.61. The van der Waals surface area contributed by atoms with E-state index in [4.69, 9.17) is 0 Å². The number of H-pyrrole nitrogens is 1. The van der Waals surface area contributed by atoms with Crippen LogP contribution in [0.3, 0.4) is 0 Å². The van der Waals surface area contributed by atoms with Crippen molar-refractivity contribution in [2.24, 2.45) is 4.99 Å². The standard InChI is InChI=1S/C8H11FN2/c1-6(2)11-5-8-7(9)3-4-10-8/h3-6,10H,1-2H3. The number of aromatic amines is 1. The van der Waals surface area contributed by atoms with E-state index in [0.29, 0.717) is 5.69 Å². The largest absolute Gasteiger partial charge is 0.358 e. The van der Waals surface area contributed by atoms with Gasteiger partial charge in [0.25, 0.3) is 0 Å². The molecule has 0 radical (unpaired) electrons. The van der Waals surface area contributed by atoms with Crippen LogP contribution in [0.4, 0.5) is 4.39 Å². The Bertz CT molecular complexity index is 250. The van der Waals surface area contributed by atoms with Gasteiger partial charge in [0.15, 0.2) is 0 Å². The van der Waals surface area contributed by atoms with Gasteiger partial charge in [-0.3, -0.25) is 4.99 Å². The molecule has 0 saturated carbocycles. The third kappa shape index (κ3) is 2.18. The lowest BCUT2D eigenvalue weighted by Crippen LogP contribution is -1.91. The fourth-order valence-electron chi connectivity index (χ4n) is 0.686. The van der Waals surface area contributed by atoms with E-state index in [0.717, 1.165) is 0 Å². The maximum absolute atomic E-state index is 12.7. The highest BCUT2D eigenvalue weighted by Gasteiger charge is 1.97. The van der Waals surface area contributed by atoms with Crippen molar-refractivity contribution in [3.05, 3.63) is 23.8 Å². The lowest BCUT2D eigenvalue weighted by molar-refractivity contribution is 0.627. The van der Waals surface area contributed by atoms with E-state index in [1.807, 2.05) is 13.8 Å². The normalized spacial score (nSPS) is 11.6. The van der Waals surface area contributed by atoms with Crippen LogP contribution < -0.4 is 0 Å². The third-order valence-electron chi connectivity index (χ3n) is 1.23. The van der Waals surface area contributed by atoms with Crippen molar-refractivity contribution < 1.29 is 4.39 Å². The molecule has 0 amide bonds. The summed E-state index contributed by atoms with van der Waals surface area (Å²) >= 11 is 0. The highest BCUT2D eigenvalue weighted by atomic mass is 19.1. The van der Waals surface area contributed by atoms with Crippen molar-refractivity contribution in [1.29, 1.82) is 0 Å². The fraction of sp³-hybridized carbons (Fsp3) is 0.375. The minimum absolute atomic E-state index is 0.206. The Balaban J connectivity index is 2.71. The van der Waals surface area contributed by atoms with Gasteiger partial charge in [0.2, 0.25) is 0 Å². The summed E-state index contributed by atoms with van der Waals surface area (Å²) in [7, 11) is 0. The minimum Gasteiger partial charge on any atom is -0.358 e. The zero-order valence-corrected chi connectivity index (χ0v) is 6.63. The second-order valence-electron chi connectivity index (χ2n) is 2.61. The zero-order valence-electron chi connectivity index (χ0n) is 6.63. The molecule has 0 unspecified atom stereocenters. The average molecular weight is 154 g/mol. The van der Waals surface area contributed by atoms with Crippen LogP contribution in [0.15, 0.2) is 17.3 Å². The van der Waals surface area contributed by atoms with Crippen LogP contribution in [-0.4, -0.2) is 17.2 Å². The molecule has 0 fully saturated rings. The van der Waals surface area contributed by atoms with Gasteiger partial charge in [0.05, 0.1) is 5.69 Å². The molecule has 0 saturated heterocycles. The average Bonchev–Trinajstić information content (AvgIpc) is 2.31. The van der Waals surface area contributed by atoms with Crippen LogP contribution in [0.5, 0.6) is 0 Å². The van der Waals surface area contributed by atoms with Crippen molar-refractivity contribution in [2.45, 2.75) is 19.9 Å². The van der Waals surface area contributed by atoms with Crippen LogP contribution in [0.2, 0.25) is 0 Å². The molecule has 3 heteroatoms. The smallest absolute Gasteiger partial charge is 0.149 e. The quantitative estimate of drug-likeness (QED) is 0.631. The molecule has 1 heterocycles. The Labute approximate surface area is 65.2 Å². The molecule has 0 aliphatic carbocycles. The molecule has 0 aromatic carbocycles. The molecule has 1 aromatic heterocycles. The van der Waals surface area contributed by atoms with Gasteiger partial charge in [-0.2, -0.15) is 0 Å². The Morgan fingerprint density at radius 2 is 2.36 bits per heavy atom. The Hall–Kier alpha value is -1.12. The first-order valence-corrected chi connectivity index (χ1v) is 3.56. The van der Waals surface area contributed by atoms with E-state index in [1.165, 1.54) is 12.3 Å². The molecule has 1 rings (SSSR count). The lowest BCUT2D eigenvalue weighted by Gasteiger charge is -1.92. The minimum atomic E-state index is -0.255. The summed E-state index contributed by atoms with van der Waals surface area (Å²) in [5.41, 5.74) is 0.443. The number of aromatic nitrogens is 1. The Morgan fingerprint density at radius 3 is 2.82 bits per heavy atom. The molecular weight excluding hydrogens is 143 g/mol. The molecule has 0 atom stereocenters. The number of hydrogen-bond donors (Lipinski definition) is 1.